The molecule has 86 valence electrons. The Bertz CT molecular complexity index is 499. The summed E-state index contributed by atoms with van der Waals surface area (Å²) in [5.74, 6) is -0.154. The largest absolute Gasteiger partial charge is 0.324 e. The van der Waals surface area contributed by atoms with Gasteiger partial charge in [-0.3, -0.25) is 5.32 Å². The first-order valence-corrected chi connectivity index (χ1v) is 4.98. The van der Waals surface area contributed by atoms with Crippen LogP contribution in [-0.4, -0.2) is 11.0 Å². The number of carbonyl (C=O) groups excluding carboxylic acids is 1. The molecule has 0 saturated heterocycles. The Morgan fingerprint density at radius 1 is 1.06 bits per heavy atom. The summed E-state index contributed by atoms with van der Waals surface area (Å²) in [5, 5.41) is 5.11. The predicted octanol–water partition coefficient (Wildman–Crippen LogP) is 2.86. The molecule has 0 aliphatic heterocycles. The molecule has 0 aliphatic carbocycles. The van der Waals surface area contributed by atoms with Gasteiger partial charge in [0, 0.05) is 5.69 Å². The Hall–Kier alpha value is -2.43. The van der Waals surface area contributed by atoms with Gasteiger partial charge in [-0.1, -0.05) is 18.2 Å². The minimum atomic E-state index is -0.445. The second-order valence-electron chi connectivity index (χ2n) is 3.31. The van der Waals surface area contributed by atoms with E-state index in [0.717, 1.165) is 6.20 Å². The van der Waals surface area contributed by atoms with Crippen LogP contribution < -0.4 is 10.6 Å². The molecule has 17 heavy (non-hydrogen) atoms. The maximum Gasteiger partial charge on any atom is 0.324 e. The number of hydrogen-bond acceptors (Lipinski definition) is 2. The molecule has 1 heterocycles. The van der Waals surface area contributed by atoms with E-state index in [1.807, 2.05) is 18.2 Å². The van der Waals surface area contributed by atoms with Gasteiger partial charge in [-0.25, -0.2) is 14.2 Å². The van der Waals surface area contributed by atoms with Crippen LogP contribution in [0.4, 0.5) is 20.7 Å². The molecule has 0 fully saturated rings. The van der Waals surface area contributed by atoms with Gasteiger partial charge < -0.3 is 5.32 Å². The Morgan fingerprint density at radius 3 is 2.47 bits per heavy atom. The average Bonchev–Trinajstić information content (AvgIpc) is 2.33. The first kappa shape index (κ1) is 11.1. The van der Waals surface area contributed by atoms with Gasteiger partial charge in [-0.15, -0.1) is 0 Å². The molecule has 0 spiro atoms. The third-order valence-electron chi connectivity index (χ3n) is 2.00. The van der Waals surface area contributed by atoms with Crippen molar-refractivity contribution >= 4 is 17.5 Å². The number of rotatable bonds is 2. The van der Waals surface area contributed by atoms with Crippen LogP contribution in [0.15, 0.2) is 48.7 Å². The van der Waals surface area contributed by atoms with E-state index in [0.29, 0.717) is 11.5 Å². The predicted molar refractivity (Wildman–Crippen MR) is 63.3 cm³/mol. The molecule has 2 rings (SSSR count). The van der Waals surface area contributed by atoms with Gasteiger partial charge in [0.05, 0.1) is 6.20 Å². The van der Waals surface area contributed by atoms with Crippen molar-refractivity contribution in [1.29, 1.82) is 0 Å². The lowest BCUT2D eigenvalue weighted by atomic mass is 10.3. The molecule has 0 bridgehead atoms. The van der Waals surface area contributed by atoms with Crippen molar-refractivity contribution in [3.63, 3.8) is 0 Å². The van der Waals surface area contributed by atoms with E-state index in [1.54, 1.807) is 12.1 Å². The van der Waals surface area contributed by atoms with Gasteiger partial charge in [0.15, 0.2) is 0 Å². The fourth-order valence-electron chi connectivity index (χ4n) is 1.25. The van der Waals surface area contributed by atoms with Crippen LogP contribution in [0, 0.1) is 5.82 Å². The highest BCUT2D eigenvalue weighted by Gasteiger charge is 2.02. The summed E-state index contributed by atoms with van der Waals surface area (Å²) < 4.78 is 12.6. The highest BCUT2D eigenvalue weighted by molar-refractivity contribution is 5.99. The zero-order valence-corrected chi connectivity index (χ0v) is 8.85. The molecule has 5 heteroatoms. The van der Waals surface area contributed by atoms with E-state index < -0.39 is 11.8 Å². The minimum absolute atomic E-state index is 0.292. The molecular weight excluding hydrogens is 221 g/mol. The zero-order valence-electron chi connectivity index (χ0n) is 8.85. The van der Waals surface area contributed by atoms with Crippen LogP contribution in [0.3, 0.4) is 0 Å². The maximum absolute atomic E-state index is 12.6. The van der Waals surface area contributed by atoms with Gasteiger partial charge in [0.1, 0.15) is 11.6 Å². The topological polar surface area (TPSA) is 54.0 Å². The summed E-state index contributed by atoms with van der Waals surface area (Å²) >= 11 is 0. The Morgan fingerprint density at radius 2 is 1.82 bits per heavy atom. The van der Waals surface area contributed by atoms with Crippen LogP contribution in [0.5, 0.6) is 0 Å². The molecule has 0 radical (unpaired) electrons. The average molecular weight is 231 g/mol. The summed E-state index contributed by atoms with van der Waals surface area (Å²) in [4.78, 5) is 15.2. The summed E-state index contributed by atoms with van der Waals surface area (Å²) in [7, 11) is 0. The number of hydrogen-bond donors (Lipinski definition) is 2. The summed E-state index contributed by atoms with van der Waals surface area (Å²) in [6.45, 7) is 0. The minimum Gasteiger partial charge on any atom is -0.308 e. The SMILES string of the molecule is O=C(Nc1ccccc1)Nc1ccc(F)cn1. The van der Waals surface area contributed by atoms with Crippen LogP contribution in [0.1, 0.15) is 0 Å². The first-order chi connectivity index (χ1) is 8.24. The van der Waals surface area contributed by atoms with Crippen LogP contribution in [0.25, 0.3) is 0 Å². The molecule has 0 unspecified atom stereocenters. The number of para-hydroxylation sites is 1. The van der Waals surface area contributed by atoms with E-state index >= 15 is 0 Å². The molecule has 1 aromatic carbocycles. The summed E-state index contributed by atoms with van der Waals surface area (Å²) in [6, 6.07) is 11.2. The van der Waals surface area contributed by atoms with E-state index in [4.69, 9.17) is 0 Å². The lowest BCUT2D eigenvalue weighted by Gasteiger charge is -2.06. The van der Waals surface area contributed by atoms with E-state index in [9.17, 15) is 9.18 Å². The van der Waals surface area contributed by atoms with Crippen molar-refractivity contribution in [2.75, 3.05) is 10.6 Å². The normalized spacial score (nSPS) is 9.71. The van der Waals surface area contributed by atoms with Crippen molar-refractivity contribution in [3.8, 4) is 0 Å². The number of halogens is 1. The summed E-state index contributed by atoms with van der Waals surface area (Å²) in [6.07, 6.45) is 1.04. The van der Waals surface area contributed by atoms with Crippen molar-refractivity contribution in [1.82, 2.24) is 4.98 Å². The molecule has 2 N–H and O–H groups in total. The zero-order chi connectivity index (χ0) is 12.1. The molecule has 2 amide bonds. The quantitative estimate of drug-likeness (QED) is 0.834. The lowest BCUT2D eigenvalue weighted by molar-refractivity contribution is 0.262. The number of nitrogens with one attached hydrogen (secondary N) is 2. The third-order valence-corrected chi connectivity index (χ3v) is 2.00. The Labute approximate surface area is 97.5 Å². The molecule has 2 aromatic rings. The molecule has 0 saturated carbocycles. The van der Waals surface area contributed by atoms with Crippen LogP contribution >= 0.6 is 0 Å². The molecule has 4 nitrogen and oxygen atoms in total. The molecule has 0 aliphatic rings. The van der Waals surface area contributed by atoms with Gasteiger partial charge in [-0.2, -0.15) is 0 Å². The standard InChI is InChI=1S/C12H10FN3O/c13-9-6-7-11(14-8-9)16-12(17)15-10-4-2-1-3-5-10/h1-8H,(H2,14,15,16,17). The number of aromatic nitrogens is 1. The molecule has 1 aromatic heterocycles. The monoisotopic (exact) mass is 231 g/mol. The van der Waals surface area contributed by atoms with Gasteiger partial charge >= 0.3 is 6.03 Å². The molecular formula is C12H10FN3O. The Balaban J connectivity index is 1.96. The van der Waals surface area contributed by atoms with Gasteiger partial charge in [0.2, 0.25) is 0 Å². The van der Waals surface area contributed by atoms with Gasteiger partial charge in [0.25, 0.3) is 0 Å². The fraction of sp³-hybridized carbons (Fsp3) is 0. The number of nitrogens with zero attached hydrogens (tertiary/aromatic N) is 1. The van der Waals surface area contributed by atoms with Crippen molar-refractivity contribution in [2.24, 2.45) is 0 Å². The van der Waals surface area contributed by atoms with Crippen LogP contribution in [-0.2, 0) is 0 Å². The number of urea groups is 1. The number of benzene rings is 1. The van der Waals surface area contributed by atoms with Crippen molar-refractivity contribution < 1.29 is 9.18 Å². The van der Waals surface area contributed by atoms with E-state index in [2.05, 4.69) is 15.6 Å². The van der Waals surface area contributed by atoms with E-state index in [-0.39, 0.29) is 0 Å². The summed E-state index contributed by atoms with van der Waals surface area (Å²) in [5.41, 5.74) is 0.673. The highest BCUT2D eigenvalue weighted by Crippen LogP contribution is 2.07. The maximum atomic E-state index is 12.6. The van der Waals surface area contributed by atoms with Crippen molar-refractivity contribution in [2.45, 2.75) is 0 Å². The molecule has 0 atom stereocenters. The van der Waals surface area contributed by atoms with E-state index in [1.165, 1.54) is 12.1 Å². The Kier molecular flexibility index (Phi) is 3.30. The number of pyridine rings is 1. The van der Waals surface area contributed by atoms with Gasteiger partial charge in [-0.05, 0) is 24.3 Å². The van der Waals surface area contributed by atoms with Crippen LogP contribution in [0.2, 0.25) is 0 Å². The number of amides is 2. The number of anilines is 2. The lowest BCUT2D eigenvalue weighted by Crippen LogP contribution is -2.19. The van der Waals surface area contributed by atoms with Crippen molar-refractivity contribution in [3.05, 3.63) is 54.5 Å². The third kappa shape index (κ3) is 3.27. The second kappa shape index (κ2) is 5.07. The smallest absolute Gasteiger partial charge is 0.308 e. The number of carbonyl (C=O) groups is 1. The second-order valence-corrected chi connectivity index (χ2v) is 3.31. The highest BCUT2D eigenvalue weighted by atomic mass is 19.1. The first-order valence-electron chi connectivity index (χ1n) is 4.98. The fourth-order valence-corrected chi connectivity index (χ4v) is 1.25.